The second-order valence-electron chi connectivity index (χ2n) is 8.49. The zero-order valence-corrected chi connectivity index (χ0v) is 17.2. The van der Waals surface area contributed by atoms with Crippen LogP contribution in [0, 0.1) is 0 Å². The average molecular weight is 368 g/mol. The number of anilines is 1. The van der Waals surface area contributed by atoms with Crippen LogP contribution in [0.3, 0.4) is 0 Å². The number of benzene rings is 1. The maximum Gasteiger partial charge on any atom is 0.150 e. The monoisotopic (exact) mass is 367 g/mol. The molecule has 0 aliphatic carbocycles. The first-order valence-electron chi connectivity index (χ1n) is 10.2. The van der Waals surface area contributed by atoms with Gasteiger partial charge in [0.1, 0.15) is 22.7 Å². The molecule has 27 heavy (non-hydrogen) atoms. The number of nitrogen functional groups attached to an aromatic ring is 1. The van der Waals surface area contributed by atoms with Gasteiger partial charge in [-0.15, -0.1) is 0 Å². The van der Waals surface area contributed by atoms with E-state index in [1.165, 1.54) is 24.8 Å². The average Bonchev–Trinajstić information content (AvgIpc) is 3.02. The highest BCUT2D eigenvalue weighted by Crippen LogP contribution is 2.27. The largest absolute Gasteiger partial charge is 0.382 e. The van der Waals surface area contributed by atoms with Gasteiger partial charge in [0.05, 0.1) is 5.52 Å². The molecule has 0 aliphatic heterocycles. The van der Waals surface area contributed by atoms with Gasteiger partial charge in [-0.25, -0.2) is 9.97 Å². The van der Waals surface area contributed by atoms with Crippen molar-refractivity contribution in [2.75, 3.05) is 12.3 Å². The van der Waals surface area contributed by atoms with Gasteiger partial charge in [0.25, 0.3) is 0 Å². The summed E-state index contributed by atoms with van der Waals surface area (Å²) < 4.78 is 0. The minimum absolute atomic E-state index is 0.207. The van der Waals surface area contributed by atoms with Crippen molar-refractivity contribution in [3.05, 3.63) is 29.6 Å². The normalized spacial score (nSPS) is 12.3. The summed E-state index contributed by atoms with van der Waals surface area (Å²) in [4.78, 5) is 12.7. The Balaban J connectivity index is 1.67. The number of imidazole rings is 1. The first kappa shape index (κ1) is 19.6. The third kappa shape index (κ3) is 4.98. The molecule has 1 aromatic carbocycles. The van der Waals surface area contributed by atoms with Gasteiger partial charge in [0, 0.05) is 17.3 Å². The Morgan fingerprint density at radius 2 is 1.89 bits per heavy atom. The van der Waals surface area contributed by atoms with Crippen LogP contribution < -0.4 is 11.1 Å². The molecule has 5 heteroatoms. The molecule has 0 saturated heterocycles. The number of nitrogens with zero attached hydrogens (tertiary/aromatic N) is 2. The van der Waals surface area contributed by atoms with Crippen LogP contribution in [0.25, 0.3) is 21.9 Å². The molecule has 0 atom stereocenters. The van der Waals surface area contributed by atoms with Crippen molar-refractivity contribution in [1.82, 2.24) is 20.3 Å². The van der Waals surface area contributed by atoms with Crippen molar-refractivity contribution in [2.24, 2.45) is 0 Å². The zero-order chi connectivity index (χ0) is 19.4. The smallest absolute Gasteiger partial charge is 0.150 e. The molecule has 0 aliphatic rings. The number of pyridine rings is 1. The van der Waals surface area contributed by atoms with E-state index in [0.29, 0.717) is 5.82 Å². The summed E-state index contributed by atoms with van der Waals surface area (Å²) in [5, 5.41) is 4.62. The van der Waals surface area contributed by atoms with Gasteiger partial charge < -0.3 is 16.0 Å². The SMILES string of the molecule is CCCc1nc2c([nH]1)c(N)nc1cc(CCCCCNC(C)(C)C)ccc12. The van der Waals surface area contributed by atoms with E-state index >= 15 is 0 Å². The first-order chi connectivity index (χ1) is 12.9. The predicted molar refractivity (Wildman–Crippen MR) is 115 cm³/mol. The minimum Gasteiger partial charge on any atom is -0.382 e. The number of aromatic nitrogens is 3. The number of hydrogen-bond acceptors (Lipinski definition) is 4. The molecule has 0 bridgehead atoms. The topological polar surface area (TPSA) is 79.6 Å². The van der Waals surface area contributed by atoms with Crippen LogP contribution >= 0.6 is 0 Å². The Hall–Kier alpha value is -2.14. The van der Waals surface area contributed by atoms with Crippen LogP contribution in [-0.4, -0.2) is 27.0 Å². The third-order valence-electron chi connectivity index (χ3n) is 4.85. The van der Waals surface area contributed by atoms with Crippen molar-refractivity contribution in [3.63, 3.8) is 0 Å². The van der Waals surface area contributed by atoms with E-state index in [-0.39, 0.29) is 5.54 Å². The lowest BCUT2D eigenvalue weighted by atomic mass is 10.0. The van der Waals surface area contributed by atoms with Gasteiger partial charge in [-0.1, -0.05) is 25.5 Å². The van der Waals surface area contributed by atoms with Crippen molar-refractivity contribution in [2.45, 2.75) is 71.8 Å². The van der Waals surface area contributed by atoms with Gasteiger partial charge in [-0.2, -0.15) is 0 Å². The highest BCUT2D eigenvalue weighted by atomic mass is 15.0. The molecule has 0 fully saturated rings. The van der Waals surface area contributed by atoms with Gasteiger partial charge >= 0.3 is 0 Å². The number of aromatic amines is 1. The van der Waals surface area contributed by atoms with Crippen LogP contribution in [0.15, 0.2) is 18.2 Å². The number of H-pyrrole nitrogens is 1. The van der Waals surface area contributed by atoms with Crippen LogP contribution in [0.1, 0.15) is 64.8 Å². The quantitative estimate of drug-likeness (QED) is 0.502. The second kappa shape index (κ2) is 8.26. The molecule has 0 saturated carbocycles. The molecule has 0 amide bonds. The van der Waals surface area contributed by atoms with E-state index in [0.717, 1.165) is 53.6 Å². The van der Waals surface area contributed by atoms with Crippen molar-refractivity contribution < 1.29 is 0 Å². The van der Waals surface area contributed by atoms with Crippen LogP contribution in [0.2, 0.25) is 0 Å². The number of hydrogen-bond donors (Lipinski definition) is 3. The fraction of sp³-hybridized carbons (Fsp3) is 0.545. The molecule has 0 radical (unpaired) electrons. The molecular weight excluding hydrogens is 334 g/mol. The molecule has 0 unspecified atom stereocenters. The van der Waals surface area contributed by atoms with Gasteiger partial charge in [0.2, 0.25) is 0 Å². The van der Waals surface area contributed by atoms with E-state index in [9.17, 15) is 0 Å². The summed E-state index contributed by atoms with van der Waals surface area (Å²) in [5.41, 5.74) is 10.5. The molecule has 146 valence electrons. The number of aryl methyl sites for hydroxylation is 2. The third-order valence-corrected chi connectivity index (χ3v) is 4.85. The lowest BCUT2D eigenvalue weighted by Gasteiger charge is -2.20. The summed E-state index contributed by atoms with van der Waals surface area (Å²) in [6, 6.07) is 6.53. The highest BCUT2D eigenvalue weighted by molar-refractivity contribution is 6.06. The van der Waals surface area contributed by atoms with Crippen molar-refractivity contribution >= 4 is 27.8 Å². The summed E-state index contributed by atoms with van der Waals surface area (Å²) >= 11 is 0. The lowest BCUT2D eigenvalue weighted by molar-refractivity contribution is 0.417. The van der Waals surface area contributed by atoms with Crippen molar-refractivity contribution in [1.29, 1.82) is 0 Å². The number of rotatable bonds is 8. The zero-order valence-electron chi connectivity index (χ0n) is 17.2. The van der Waals surface area contributed by atoms with Gasteiger partial charge in [0.15, 0.2) is 0 Å². The van der Waals surface area contributed by atoms with Crippen LogP contribution in [0.4, 0.5) is 5.82 Å². The molecular formula is C22H33N5. The molecule has 0 spiro atoms. The number of fused-ring (bicyclic) bond motifs is 3. The maximum absolute atomic E-state index is 6.18. The van der Waals surface area contributed by atoms with Crippen molar-refractivity contribution in [3.8, 4) is 0 Å². The molecule has 3 rings (SSSR count). The Labute approximate surface area is 162 Å². The summed E-state index contributed by atoms with van der Waals surface area (Å²) in [5.74, 6) is 1.53. The molecule has 4 N–H and O–H groups in total. The fourth-order valence-corrected chi connectivity index (χ4v) is 3.46. The number of nitrogens with two attached hydrogens (primary N) is 1. The van der Waals surface area contributed by atoms with Crippen LogP contribution in [-0.2, 0) is 12.8 Å². The van der Waals surface area contributed by atoms with E-state index in [4.69, 9.17) is 10.7 Å². The summed E-state index contributed by atoms with van der Waals surface area (Å²) in [6.45, 7) is 9.86. The maximum atomic E-state index is 6.18. The van der Waals surface area contributed by atoms with Gasteiger partial charge in [-0.05, 0) is 64.6 Å². The Morgan fingerprint density at radius 1 is 1.07 bits per heavy atom. The Kier molecular flexibility index (Phi) is 6.00. The van der Waals surface area contributed by atoms with E-state index in [2.05, 4.69) is 61.2 Å². The standard InChI is InChI=1S/C22H33N5/c1-5-9-18-26-19-16-12-11-15(10-7-6-8-13-24-22(2,3)4)14-17(16)25-21(23)20(19)27-18/h11-12,14,24H,5-10,13H2,1-4H3,(H2,23,25)(H,26,27). The van der Waals surface area contributed by atoms with E-state index < -0.39 is 0 Å². The van der Waals surface area contributed by atoms with Gasteiger partial charge in [-0.3, -0.25) is 0 Å². The summed E-state index contributed by atoms with van der Waals surface area (Å²) in [6.07, 6.45) is 6.70. The second-order valence-corrected chi connectivity index (χ2v) is 8.49. The van der Waals surface area contributed by atoms with Crippen LogP contribution in [0.5, 0.6) is 0 Å². The minimum atomic E-state index is 0.207. The Morgan fingerprint density at radius 3 is 2.63 bits per heavy atom. The lowest BCUT2D eigenvalue weighted by Crippen LogP contribution is -2.36. The molecule has 2 aromatic heterocycles. The summed E-state index contributed by atoms with van der Waals surface area (Å²) in [7, 11) is 0. The van der Waals surface area contributed by atoms with E-state index in [1.807, 2.05) is 0 Å². The molecule has 5 nitrogen and oxygen atoms in total. The van der Waals surface area contributed by atoms with E-state index in [1.54, 1.807) is 0 Å². The Bertz CT molecular complexity index is 904. The number of nitrogens with one attached hydrogen (secondary N) is 2. The molecule has 2 heterocycles. The fourth-order valence-electron chi connectivity index (χ4n) is 3.46. The highest BCUT2D eigenvalue weighted by Gasteiger charge is 2.12. The first-order valence-corrected chi connectivity index (χ1v) is 10.2. The number of unbranched alkanes of at least 4 members (excludes halogenated alkanes) is 2. The molecule has 3 aromatic rings. The predicted octanol–water partition coefficient (Wildman–Crippen LogP) is 4.75.